The molecular formula is C12H13ClN4S. The van der Waals surface area contributed by atoms with Gasteiger partial charge in [-0.15, -0.1) is 0 Å². The highest BCUT2D eigenvalue weighted by molar-refractivity contribution is 7.71. The molecule has 0 aliphatic carbocycles. The first-order valence-corrected chi connectivity index (χ1v) is 6.30. The Hall–Kier alpha value is -1.59. The van der Waals surface area contributed by atoms with Crippen molar-refractivity contribution in [1.29, 1.82) is 0 Å². The van der Waals surface area contributed by atoms with E-state index in [1.54, 1.807) is 0 Å². The van der Waals surface area contributed by atoms with Gasteiger partial charge in [-0.3, -0.25) is 0 Å². The van der Waals surface area contributed by atoms with Gasteiger partial charge in [0.15, 0.2) is 5.95 Å². The number of H-pyrrole nitrogens is 1. The number of anilines is 3. The Labute approximate surface area is 115 Å². The van der Waals surface area contributed by atoms with Crippen LogP contribution in [0.2, 0.25) is 5.02 Å². The fourth-order valence-electron chi connectivity index (χ4n) is 1.65. The van der Waals surface area contributed by atoms with E-state index < -0.39 is 0 Å². The van der Waals surface area contributed by atoms with E-state index in [0.29, 0.717) is 9.66 Å². The lowest BCUT2D eigenvalue weighted by atomic mass is 10.2. The Morgan fingerprint density at radius 3 is 2.83 bits per heavy atom. The lowest BCUT2D eigenvalue weighted by Gasteiger charge is -2.12. The molecule has 2 aromatic rings. The van der Waals surface area contributed by atoms with Crippen molar-refractivity contribution in [3.63, 3.8) is 0 Å². The number of benzene rings is 1. The summed E-state index contributed by atoms with van der Waals surface area (Å²) in [5, 5.41) is 3.83. The van der Waals surface area contributed by atoms with Crippen LogP contribution in [0.3, 0.4) is 0 Å². The second-order valence-corrected chi connectivity index (χ2v) is 4.53. The van der Waals surface area contributed by atoms with Gasteiger partial charge >= 0.3 is 0 Å². The monoisotopic (exact) mass is 280 g/mol. The Bertz CT molecular complexity index is 624. The number of nitrogen functional groups attached to an aromatic ring is 1. The van der Waals surface area contributed by atoms with Gasteiger partial charge in [-0.2, -0.15) is 0 Å². The Morgan fingerprint density at radius 1 is 1.44 bits per heavy atom. The molecule has 1 heterocycles. The first-order chi connectivity index (χ1) is 8.61. The average molecular weight is 281 g/mol. The molecular weight excluding hydrogens is 268 g/mol. The summed E-state index contributed by atoms with van der Waals surface area (Å²) >= 11 is 11.3. The van der Waals surface area contributed by atoms with Crippen LogP contribution in [0.15, 0.2) is 24.3 Å². The number of nitrogens with zero attached hydrogens (tertiary/aromatic N) is 1. The zero-order valence-corrected chi connectivity index (χ0v) is 11.4. The first-order valence-electron chi connectivity index (χ1n) is 5.52. The van der Waals surface area contributed by atoms with E-state index >= 15 is 0 Å². The quantitative estimate of drug-likeness (QED) is 0.750. The molecule has 0 radical (unpaired) electrons. The van der Waals surface area contributed by atoms with Gasteiger partial charge in [0.25, 0.3) is 0 Å². The molecule has 0 saturated heterocycles. The van der Waals surface area contributed by atoms with Crippen LogP contribution in [-0.2, 0) is 6.42 Å². The van der Waals surface area contributed by atoms with Crippen molar-refractivity contribution in [1.82, 2.24) is 9.97 Å². The first kappa shape index (κ1) is 12.9. The lowest BCUT2D eigenvalue weighted by Crippen LogP contribution is -2.05. The maximum Gasteiger partial charge on any atom is 0.200 e. The van der Waals surface area contributed by atoms with Crippen molar-refractivity contribution in [2.45, 2.75) is 13.3 Å². The molecule has 0 aliphatic heterocycles. The molecule has 0 spiro atoms. The molecule has 1 aromatic carbocycles. The smallest absolute Gasteiger partial charge is 0.200 e. The molecule has 0 unspecified atom stereocenters. The molecule has 1 aromatic heterocycles. The number of hydrogen-bond acceptors (Lipinski definition) is 4. The second kappa shape index (κ2) is 5.37. The minimum absolute atomic E-state index is 0.284. The van der Waals surface area contributed by atoms with Crippen molar-refractivity contribution in [2.75, 3.05) is 11.1 Å². The van der Waals surface area contributed by atoms with Gasteiger partial charge in [-0.1, -0.05) is 42.9 Å². The topological polar surface area (TPSA) is 66.7 Å². The second-order valence-electron chi connectivity index (χ2n) is 3.74. The fourth-order valence-corrected chi connectivity index (χ4v) is 2.17. The highest BCUT2D eigenvalue weighted by Gasteiger charge is 2.07. The van der Waals surface area contributed by atoms with Crippen LogP contribution in [0.5, 0.6) is 0 Å². The summed E-state index contributed by atoms with van der Waals surface area (Å²) < 4.78 is 0.503. The van der Waals surface area contributed by atoms with Gasteiger partial charge in [0.2, 0.25) is 0 Å². The van der Waals surface area contributed by atoms with E-state index in [2.05, 4.69) is 15.3 Å². The van der Waals surface area contributed by atoms with Crippen molar-refractivity contribution < 1.29 is 0 Å². The third-order valence-electron chi connectivity index (χ3n) is 2.52. The third kappa shape index (κ3) is 2.63. The summed E-state index contributed by atoms with van der Waals surface area (Å²) in [7, 11) is 0. The summed E-state index contributed by atoms with van der Waals surface area (Å²) in [4.78, 5) is 7.01. The van der Waals surface area contributed by atoms with Gasteiger partial charge < -0.3 is 16.0 Å². The summed E-state index contributed by atoms with van der Waals surface area (Å²) in [5.74, 6) is 1.02. The van der Waals surface area contributed by atoms with Gasteiger partial charge in [-0.05, 0) is 18.6 Å². The predicted molar refractivity (Wildman–Crippen MR) is 77.9 cm³/mol. The number of rotatable bonds is 3. The average Bonchev–Trinajstić information content (AvgIpc) is 2.31. The molecule has 0 saturated carbocycles. The third-order valence-corrected chi connectivity index (χ3v) is 3.19. The number of aromatic amines is 1. The van der Waals surface area contributed by atoms with Crippen LogP contribution in [-0.4, -0.2) is 9.97 Å². The number of halogens is 1. The number of aromatic nitrogens is 2. The van der Waals surface area contributed by atoms with E-state index in [1.807, 2.05) is 31.2 Å². The summed E-state index contributed by atoms with van der Waals surface area (Å²) in [6.07, 6.45) is 0.759. The van der Waals surface area contributed by atoms with E-state index in [1.165, 1.54) is 0 Å². The number of hydrogen-bond donors (Lipinski definition) is 3. The Kier molecular flexibility index (Phi) is 3.84. The normalized spacial score (nSPS) is 10.3. The van der Waals surface area contributed by atoms with Crippen LogP contribution in [0.25, 0.3) is 0 Å². The highest BCUT2D eigenvalue weighted by atomic mass is 35.5. The van der Waals surface area contributed by atoms with Gasteiger partial charge in [0.05, 0.1) is 10.7 Å². The molecule has 6 heteroatoms. The van der Waals surface area contributed by atoms with Crippen LogP contribution in [0.4, 0.5) is 17.5 Å². The molecule has 0 bridgehead atoms. The van der Waals surface area contributed by atoms with Crippen molar-refractivity contribution in [2.24, 2.45) is 0 Å². The Balaban J connectivity index is 2.46. The van der Waals surface area contributed by atoms with Crippen molar-refractivity contribution in [3.8, 4) is 0 Å². The molecule has 0 amide bonds. The standard InChI is InChI=1S/C12H13ClN4S/c1-2-7-10(16-12(14)17-11(7)18)15-9-6-4-3-5-8(9)13/h3-6H,2H2,1H3,(H4,14,15,16,17,18). The van der Waals surface area contributed by atoms with E-state index in [0.717, 1.165) is 23.5 Å². The van der Waals surface area contributed by atoms with E-state index in [4.69, 9.17) is 29.6 Å². The molecule has 4 nitrogen and oxygen atoms in total. The van der Waals surface area contributed by atoms with Gasteiger partial charge in [0.1, 0.15) is 10.5 Å². The number of nitrogens with two attached hydrogens (primary N) is 1. The Morgan fingerprint density at radius 2 is 2.17 bits per heavy atom. The molecule has 0 atom stereocenters. The zero-order chi connectivity index (χ0) is 13.1. The number of nitrogens with one attached hydrogen (secondary N) is 2. The van der Waals surface area contributed by atoms with Gasteiger partial charge in [-0.25, -0.2) is 4.98 Å². The molecule has 4 N–H and O–H groups in total. The summed E-state index contributed by atoms with van der Waals surface area (Å²) in [5.41, 5.74) is 7.38. The molecule has 94 valence electrons. The largest absolute Gasteiger partial charge is 0.369 e. The lowest BCUT2D eigenvalue weighted by molar-refractivity contribution is 1.04. The van der Waals surface area contributed by atoms with Crippen LogP contribution >= 0.6 is 23.8 Å². The van der Waals surface area contributed by atoms with Crippen LogP contribution < -0.4 is 11.1 Å². The minimum atomic E-state index is 0.284. The molecule has 0 aliphatic rings. The van der Waals surface area contributed by atoms with Crippen LogP contribution in [0.1, 0.15) is 12.5 Å². The molecule has 0 fully saturated rings. The summed E-state index contributed by atoms with van der Waals surface area (Å²) in [6, 6.07) is 7.47. The maximum atomic E-state index is 6.10. The molecule has 2 rings (SSSR count). The predicted octanol–water partition coefficient (Wildman–Crippen LogP) is 3.68. The van der Waals surface area contributed by atoms with Crippen molar-refractivity contribution >= 4 is 41.3 Å². The fraction of sp³-hybridized carbons (Fsp3) is 0.167. The zero-order valence-electron chi connectivity index (χ0n) is 9.83. The number of para-hydroxylation sites is 1. The van der Waals surface area contributed by atoms with Crippen molar-refractivity contribution in [3.05, 3.63) is 39.5 Å². The van der Waals surface area contributed by atoms with E-state index in [-0.39, 0.29) is 5.95 Å². The maximum absolute atomic E-state index is 6.10. The van der Waals surface area contributed by atoms with E-state index in [9.17, 15) is 0 Å². The SMILES string of the molecule is CCc1c(Nc2ccccc2Cl)[nH]c(N)nc1=S. The molecule has 18 heavy (non-hydrogen) atoms. The summed E-state index contributed by atoms with van der Waals surface area (Å²) in [6.45, 7) is 2.01. The van der Waals surface area contributed by atoms with Crippen LogP contribution in [0, 0.1) is 4.64 Å². The minimum Gasteiger partial charge on any atom is -0.369 e. The highest BCUT2D eigenvalue weighted by Crippen LogP contribution is 2.26. The van der Waals surface area contributed by atoms with Gasteiger partial charge in [0, 0.05) is 5.56 Å².